The highest BCUT2D eigenvalue weighted by atomic mass is 16.2. The summed E-state index contributed by atoms with van der Waals surface area (Å²) in [7, 11) is 1.46. The van der Waals surface area contributed by atoms with Gasteiger partial charge in [0.05, 0.1) is 12.1 Å². The van der Waals surface area contributed by atoms with Crippen molar-refractivity contribution in [3.8, 4) is 0 Å². The summed E-state index contributed by atoms with van der Waals surface area (Å²) < 4.78 is 0. The summed E-state index contributed by atoms with van der Waals surface area (Å²) in [5.74, 6) is -0.958. The maximum Gasteiger partial charge on any atom is 0.255 e. The van der Waals surface area contributed by atoms with Gasteiger partial charge in [0.2, 0.25) is 11.5 Å². The smallest absolute Gasteiger partial charge is 0.255 e. The zero-order chi connectivity index (χ0) is 11.4. The molecule has 1 aromatic heterocycles. The van der Waals surface area contributed by atoms with E-state index in [1.807, 2.05) is 0 Å². The first-order valence-electron chi connectivity index (χ1n) is 4.23. The Bertz CT molecular complexity index is 418. The van der Waals surface area contributed by atoms with Crippen molar-refractivity contribution in [1.82, 2.24) is 9.88 Å². The van der Waals surface area contributed by atoms with Crippen LogP contribution < -0.4 is 11.3 Å². The number of nitrogens with zero attached hydrogens (tertiary/aromatic N) is 1. The Labute approximate surface area is 85.7 Å². The SMILES string of the molecule is CN(CC(N)=O)C(=O)c1ccc(=O)[nH]c1. The quantitative estimate of drug-likeness (QED) is 0.663. The van der Waals surface area contributed by atoms with Crippen molar-refractivity contribution < 1.29 is 9.59 Å². The Morgan fingerprint density at radius 2 is 2.13 bits per heavy atom. The van der Waals surface area contributed by atoms with Crippen LogP contribution in [0.5, 0.6) is 0 Å². The summed E-state index contributed by atoms with van der Waals surface area (Å²) in [6, 6.07) is 2.63. The molecule has 6 nitrogen and oxygen atoms in total. The Morgan fingerprint density at radius 3 is 2.60 bits per heavy atom. The predicted octanol–water partition coefficient (Wildman–Crippen LogP) is -1.07. The molecular formula is C9H11N3O3. The number of likely N-dealkylation sites (N-methyl/N-ethyl adjacent to an activating group) is 1. The Balaban J connectivity index is 2.80. The summed E-state index contributed by atoms with van der Waals surface area (Å²) in [5.41, 5.74) is 4.96. The van der Waals surface area contributed by atoms with Gasteiger partial charge in [-0.2, -0.15) is 0 Å². The van der Waals surface area contributed by atoms with E-state index in [0.29, 0.717) is 5.56 Å². The third-order valence-electron chi connectivity index (χ3n) is 1.77. The lowest BCUT2D eigenvalue weighted by Gasteiger charge is -2.14. The minimum absolute atomic E-state index is 0.155. The molecule has 0 aliphatic rings. The Hall–Kier alpha value is -2.11. The number of nitrogens with two attached hydrogens (primary N) is 1. The molecule has 1 heterocycles. The second kappa shape index (κ2) is 4.41. The summed E-state index contributed by atoms with van der Waals surface area (Å²) in [4.78, 5) is 36.4. The van der Waals surface area contributed by atoms with E-state index in [1.54, 1.807) is 0 Å². The molecule has 3 N–H and O–H groups in total. The highest BCUT2D eigenvalue weighted by molar-refractivity contribution is 5.95. The van der Waals surface area contributed by atoms with E-state index < -0.39 is 5.91 Å². The van der Waals surface area contributed by atoms with Gasteiger partial charge in [0.15, 0.2) is 0 Å². The van der Waals surface area contributed by atoms with Crippen LogP contribution >= 0.6 is 0 Å². The fraction of sp³-hybridized carbons (Fsp3) is 0.222. The second-order valence-corrected chi connectivity index (χ2v) is 3.07. The molecule has 2 amide bonds. The minimum atomic E-state index is -0.588. The largest absolute Gasteiger partial charge is 0.368 e. The van der Waals surface area contributed by atoms with Crippen LogP contribution in [-0.2, 0) is 4.79 Å². The zero-order valence-corrected chi connectivity index (χ0v) is 8.19. The van der Waals surface area contributed by atoms with Gasteiger partial charge in [-0.3, -0.25) is 14.4 Å². The zero-order valence-electron chi connectivity index (χ0n) is 8.19. The van der Waals surface area contributed by atoms with Crippen LogP contribution in [0.25, 0.3) is 0 Å². The summed E-state index contributed by atoms with van der Waals surface area (Å²) in [5, 5.41) is 0. The fourth-order valence-electron chi connectivity index (χ4n) is 1.07. The molecule has 0 aliphatic carbocycles. The van der Waals surface area contributed by atoms with E-state index in [-0.39, 0.29) is 18.0 Å². The molecule has 1 rings (SSSR count). The Kier molecular flexibility index (Phi) is 3.22. The van der Waals surface area contributed by atoms with Gasteiger partial charge in [0.25, 0.3) is 5.91 Å². The molecule has 6 heteroatoms. The highest BCUT2D eigenvalue weighted by Gasteiger charge is 2.12. The molecule has 0 aromatic carbocycles. The Morgan fingerprint density at radius 1 is 1.47 bits per heavy atom. The maximum absolute atomic E-state index is 11.6. The lowest BCUT2D eigenvalue weighted by atomic mass is 10.2. The van der Waals surface area contributed by atoms with Crippen molar-refractivity contribution >= 4 is 11.8 Å². The molecule has 0 saturated carbocycles. The van der Waals surface area contributed by atoms with Crippen LogP contribution in [0.2, 0.25) is 0 Å². The van der Waals surface area contributed by atoms with Crippen molar-refractivity contribution in [3.05, 3.63) is 34.2 Å². The first-order chi connectivity index (χ1) is 7.00. The van der Waals surface area contributed by atoms with E-state index in [0.717, 1.165) is 0 Å². The van der Waals surface area contributed by atoms with Crippen LogP contribution in [-0.4, -0.2) is 35.3 Å². The number of rotatable bonds is 3. The minimum Gasteiger partial charge on any atom is -0.368 e. The van der Waals surface area contributed by atoms with Gasteiger partial charge < -0.3 is 15.6 Å². The molecule has 15 heavy (non-hydrogen) atoms. The predicted molar refractivity (Wildman–Crippen MR) is 53.2 cm³/mol. The van der Waals surface area contributed by atoms with Crippen molar-refractivity contribution in [2.75, 3.05) is 13.6 Å². The van der Waals surface area contributed by atoms with Crippen molar-refractivity contribution in [1.29, 1.82) is 0 Å². The molecular weight excluding hydrogens is 198 g/mol. The van der Waals surface area contributed by atoms with E-state index in [2.05, 4.69) is 4.98 Å². The van der Waals surface area contributed by atoms with E-state index in [9.17, 15) is 14.4 Å². The van der Waals surface area contributed by atoms with Gasteiger partial charge in [-0.15, -0.1) is 0 Å². The van der Waals surface area contributed by atoms with E-state index >= 15 is 0 Å². The third kappa shape index (κ3) is 2.94. The topological polar surface area (TPSA) is 96.3 Å². The number of nitrogens with one attached hydrogen (secondary N) is 1. The molecule has 0 atom stereocenters. The van der Waals surface area contributed by atoms with Crippen LogP contribution in [0.3, 0.4) is 0 Å². The molecule has 0 spiro atoms. The number of carbonyl (C=O) groups excluding carboxylic acids is 2. The molecule has 0 bridgehead atoms. The maximum atomic E-state index is 11.6. The number of hydrogen-bond acceptors (Lipinski definition) is 3. The standard InChI is InChI=1S/C9H11N3O3/c1-12(5-7(10)13)9(15)6-2-3-8(14)11-4-6/h2-4H,5H2,1H3,(H2,10,13)(H,11,14). The van der Waals surface area contributed by atoms with E-state index in [1.165, 1.54) is 30.3 Å². The van der Waals surface area contributed by atoms with Gasteiger partial charge >= 0.3 is 0 Å². The van der Waals surface area contributed by atoms with Gasteiger partial charge in [-0.05, 0) is 6.07 Å². The van der Waals surface area contributed by atoms with Crippen molar-refractivity contribution in [2.24, 2.45) is 5.73 Å². The lowest BCUT2D eigenvalue weighted by Crippen LogP contribution is -2.35. The number of aromatic amines is 1. The number of amides is 2. The average molecular weight is 209 g/mol. The summed E-state index contributed by atoms with van der Waals surface area (Å²) in [6.07, 6.45) is 1.29. The summed E-state index contributed by atoms with van der Waals surface area (Å²) in [6.45, 7) is -0.155. The van der Waals surface area contributed by atoms with Crippen LogP contribution in [0.4, 0.5) is 0 Å². The number of pyridine rings is 1. The fourth-order valence-corrected chi connectivity index (χ4v) is 1.07. The van der Waals surface area contributed by atoms with Gasteiger partial charge in [0, 0.05) is 19.3 Å². The number of primary amides is 1. The third-order valence-corrected chi connectivity index (χ3v) is 1.77. The van der Waals surface area contributed by atoms with Gasteiger partial charge in [-0.1, -0.05) is 0 Å². The first kappa shape index (κ1) is 11.0. The highest BCUT2D eigenvalue weighted by Crippen LogP contribution is 1.98. The van der Waals surface area contributed by atoms with Gasteiger partial charge in [-0.25, -0.2) is 0 Å². The normalized spacial score (nSPS) is 9.67. The number of H-pyrrole nitrogens is 1. The summed E-state index contributed by atoms with van der Waals surface area (Å²) >= 11 is 0. The molecule has 0 unspecified atom stereocenters. The van der Waals surface area contributed by atoms with Crippen molar-refractivity contribution in [3.63, 3.8) is 0 Å². The molecule has 0 saturated heterocycles. The second-order valence-electron chi connectivity index (χ2n) is 3.07. The van der Waals surface area contributed by atoms with Crippen LogP contribution in [0.1, 0.15) is 10.4 Å². The number of hydrogen-bond donors (Lipinski definition) is 2. The lowest BCUT2D eigenvalue weighted by molar-refractivity contribution is -0.118. The molecule has 1 aromatic rings. The molecule has 0 radical (unpaired) electrons. The molecule has 0 fully saturated rings. The van der Waals surface area contributed by atoms with E-state index in [4.69, 9.17) is 5.73 Å². The van der Waals surface area contributed by atoms with Crippen molar-refractivity contribution in [2.45, 2.75) is 0 Å². The number of aromatic nitrogens is 1. The van der Waals surface area contributed by atoms with Crippen LogP contribution in [0.15, 0.2) is 23.1 Å². The molecule has 0 aliphatic heterocycles. The monoisotopic (exact) mass is 209 g/mol. The molecule has 80 valence electrons. The first-order valence-corrected chi connectivity index (χ1v) is 4.23. The number of carbonyl (C=O) groups is 2. The van der Waals surface area contributed by atoms with Gasteiger partial charge in [0.1, 0.15) is 0 Å². The van der Waals surface area contributed by atoms with Crippen LogP contribution in [0, 0.1) is 0 Å². The average Bonchev–Trinajstić information content (AvgIpc) is 2.17.